The van der Waals surface area contributed by atoms with Crippen molar-refractivity contribution in [1.29, 1.82) is 0 Å². The van der Waals surface area contributed by atoms with Crippen LogP contribution in [0.1, 0.15) is 23.0 Å². The molecule has 0 aliphatic carbocycles. The molecule has 0 bridgehead atoms. The van der Waals surface area contributed by atoms with E-state index in [2.05, 4.69) is 33.2 Å². The van der Waals surface area contributed by atoms with Crippen LogP contribution < -0.4 is 4.90 Å². The quantitative estimate of drug-likeness (QED) is 0.480. The highest BCUT2D eigenvalue weighted by Crippen LogP contribution is 2.35. The molecular weight excluding hydrogens is 420 g/mol. The van der Waals surface area contributed by atoms with E-state index in [1.165, 1.54) is 7.11 Å². The summed E-state index contributed by atoms with van der Waals surface area (Å²) in [7, 11) is 3.27. The summed E-state index contributed by atoms with van der Waals surface area (Å²) in [6.07, 6.45) is 1.86. The van der Waals surface area contributed by atoms with Gasteiger partial charge < -0.3 is 19.4 Å². The van der Waals surface area contributed by atoms with Crippen LogP contribution in [-0.2, 0) is 16.5 Å². The lowest BCUT2D eigenvalue weighted by Crippen LogP contribution is -2.44. The van der Waals surface area contributed by atoms with E-state index in [1.54, 1.807) is 10.7 Å². The number of rotatable bonds is 4. The molecule has 1 aliphatic heterocycles. The Morgan fingerprint density at radius 2 is 2.12 bits per heavy atom. The van der Waals surface area contributed by atoms with Crippen molar-refractivity contribution in [2.75, 3.05) is 31.8 Å². The van der Waals surface area contributed by atoms with E-state index in [-0.39, 0.29) is 6.04 Å². The molecule has 4 aromatic rings. The minimum absolute atomic E-state index is 0.189. The molecule has 3 aromatic heterocycles. The summed E-state index contributed by atoms with van der Waals surface area (Å²) in [5.41, 5.74) is 5.66. The van der Waals surface area contributed by atoms with Crippen molar-refractivity contribution < 1.29 is 14.3 Å². The maximum atomic E-state index is 12.4. The molecule has 9 heteroatoms. The average Bonchev–Trinajstić information content (AvgIpc) is 3.43. The second-order valence-corrected chi connectivity index (χ2v) is 8.32. The number of benzene rings is 1. The topological polar surface area (TPSA) is 98.2 Å². The number of nitrogens with zero attached hydrogens (tertiary/aromatic N) is 5. The number of aromatic nitrogens is 5. The van der Waals surface area contributed by atoms with E-state index in [1.807, 2.05) is 38.4 Å². The Balaban J connectivity index is 1.75. The average molecular weight is 447 g/mol. The molecule has 33 heavy (non-hydrogen) atoms. The van der Waals surface area contributed by atoms with E-state index < -0.39 is 5.97 Å². The van der Waals surface area contributed by atoms with Crippen LogP contribution in [0.4, 0.5) is 5.82 Å². The van der Waals surface area contributed by atoms with Crippen molar-refractivity contribution in [2.24, 2.45) is 7.05 Å². The Morgan fingerprint density at radius 1 is 1.27 bits per heavy atom. The fourth-order valence-corrected chi connectivity index (χ4v) is 4.48. The minimum Gasteiger partial charge on any atom is -0.465 e. The summed E-state index contributed by atoms with van der Waals surface area (Å²) >= 11 is 0. The SMILES string of the molecule is COC(=O)c1cc(-c2cc(-c3c(C)nnn3C)cc(N3CCOC[C@H]3C)n2)c2cc[nH]c2c1. The molecule has 1 N–H and O–H groups in total. The fourth-order valence-electron chi connectivity index (χ4n) is 4.48. The first-order chi connectivity index (χ1) is 16.0. The maximum absolute atomic E-state index is 12.4. The van der Waals surface area contributed by atoms with Gasteiger partial charge in [-0.3, -0.25) is 0 Å². The predicted octanol–water partition coefficient (Wildman–Crippen LogP) is 3.35. The van der Waals surface area contributed by atoms with E-state index in [0.29, 0.717) is 18.8 Å². The summed E-state index contributed by atoms with van der Waals surface area (Å²) < 4.78 is 12.4. The van der Waals surface area contributed by atoms with Crippen LogP contribution in [-0.4, -0.2) is 63.8 Å². The summed E-state index contributed by atoms with van der Waals surface area (Å²) in [5.74, 6) is 0.462. The number of nitrogens with one attached hydrogen (secondary N) is 1. The van der Waals surface area contributed by atoms with Gasteiger partial charge in [0.15, 0.2) is 0 Å². The highest BCUT2D eigenvalue weighted by atomic mass is 16.5. The number of morpholine rings is 1. The summed E-state index contributed by atoms with van der Waals surface area (Å²) in [6, 6.07) is 9.93. The van der Waals surface area contributed by atoms with Crippen LogP contribution in [0.15, 0.2) is 36.5 Å². The number of pyridine rings is 1. The number of anilines is 1. The predicted molar refractivity (Wildman–Crippen MR) is 125 cm³/mol. The number of aromatic amines is 1. The van der Waals surface area contributed by atoms with Gasteiger partial charge in [-0.1, -0.05) is 5.21 Å². The number of carbonyl (C=O) groups is 1. The number of hydrogen-bond acceptors (Lipinski definition) is 7. The van der Waals surface area contributed by atoms with Crippen molar-refractivity contribution in [3.63, 3.8) is 0 Å². The van der Waals surface area contributed by atoms with E-state index in [4.69, 9.17) is 14.5 Å². The second-order valence-electron chi connectivity index (χ2n) is 8.32. The van der Waals surface area contributed by atoms with Crippen LogP contribution in [0.2, 0.25) is 0 Å². The number of hydrogen-bond donors (Lipinski definition) is 1. The van der Waals surface area contributed by atoms with Gasteiger partial charge in [-0.15, -0.1) is 5.10 Å². The Labute approximate surface area is 191 Å². The van der Waals surface area contributed by atoms with Gasteiger partial charge in [0, 0.05) is 41.8 Å². The van der Waals surface area contributed by atoms with E-state index in [0.717, 1.165) is 51.5 Å². The van der Waals surface area contributed by atoms with Crippen LogP contribution in [0.3, 0.4) is 0 Å². The molecular formula is C24H26N6O3. The fraction of sp³-hybridized carbons (Fsp3) is 0.333. The molecule has 1 aromatic carbocycles. The highest BCUT2D eigenvalue weighted by Gasteiger charge is 2.23. The van der Waals surface area contributed by atoms with Crippen LogP contribution in [0.25, 0.3) is 33.4 Å². The number of carbonyl (C=O) groups excluding carboxylic acids is 1. The number of esters is 1. The van der Waals surface area contributed by atoms with Gasteiger partial charge in [0.25, 0.3) is 0 Å². The zero-order valence-corrected chi connectivity index (χ0v) is 19.1. The Morgan fingerprint density at radius 3 is 2.85 bits per heavy atom. The molecule has 0 amide bonds. The lowest BCUT2D eigenvalue weighted by Gasteiger charge is -2.34. The molecule has 1 atom stereocenters. The number of fused-ring (bicyclic) bond motifs is 1. The summed E-state index contributed by atoms with van der Waals surface area (Å²) in [4.78, 5) is 22.9. The van der Waals surface area contributed by atoms with Crippen LogP contribution in [0.5, 0.6) is 0 Å². The first kappa shape index (κ1) is 21.1. The maximum Gasteiger partial charge on any atom is 0.337 e. The molecule has 1 aliphatic rings. The smallest absolute Gasteiger partial charge is 0.337 e. The van der Waals surface area contributed by atoms with E-state index >= 15 is 0 Å². The van der Waals surface area contributed by atoms with Crippen molar-refractivity contribution in [1.82, 2.24) is 25.0 Å². The largest absolute Gasteiger partial charge is 0.465 e. The second kappa shape index (κ2) is 8.32. The zero-order chi connectivity index (χ0) is 23.1. The normalized spacial score (nSPS) is 16.4. The molecule has 5 rings (SSSR count). The van der Waals surface area contributed by atoms with Crippen molar-refractivity contribution in [2.45, 2.75) is 19.9 Å². The zero-order valence-electron chi connectivity index (χ0n) is 19.1. The number of H-pyrrole nitrogens is 1. The molecule has 0 saturated carbocycles. The third-order valence-electron chi connectivity index (χ3n) is 6.11. The number of methoxy groups -OCH3 is 1. The molecule has 0 radical (unpaired) electrons. The minimum atomic E-state index is -0.391. The lowest BCUT2D eigenvalue weighted by atomic mass is 10.00. The summed E-state index contributed by atoms with van der Waals surface area (Å²) in [6.45, 7) is 6.13. The van der Waals surface area contributed by atoms with Crippen molar-refractivity contribution in [3.05, 3.63) is 47.8 Å². The van der Waals surface area contributed by atoms with Crippen molar-refractivity contribution in [3.8, 4) is 22.5 Å². The lowest BCUT2D eigenvalue weighted by molar-refractivity contribution is 0.0601. The van der Waals surface area contributed by atoms with Crippen LogP contribution >= 0.6 is 0 Å². The number of aryl methyl sites for hydroxylation is 2. The standard InChI is InChI=1S/C24H26N6O3/c1-14-13-33-8-7-30(14)22-12-16(23-15(2)27-28-29(23)3)10-21(26-22)19-9-17(24(31)32-4)11-20-18(19)5-6-25-20/h5-6,9-12,14,25H,7-8,13H2,1-4H3/t14-/m1/s1. The van der Waals surface area contributed by atoms with E-state index in [9.17, 15) is 4.79 Å². The summed E-state index contributed by atoms with van der Waals surface area (Å²) in [5, 5.41) is 9.40. The Hall–Kier alpha value is -3.72. The third kappa shape index (κ3) is 3.74. The Bertz CT molecular complexity index is 1320. The monoisotopic (exact) mass is 446 g/mol. The van der Waals surface area contributed by atoms with Gasteiger partial charge in [0.05, 0.1) is 49.0 Å². The molecule has 4 heterocycles. The number of ether oxygens (including phenoxy) is 2. The molecule has 1 fully saturated rings. The van der Waals surface area contributed by atoms with Crippen LogP contribution in [0, 0.1) is 6.92 Å². The molecule has 0 unspecified atom stereocenters. The molecule has 0 spiro atoms. The van der Waals surface area contributed by atoms with Gasteiger partial charge in [-0.2, -0.15) is 0 Å². The molecule has 1 saturated heterocycles. The van der Waals surface area contributed by atoms with Gasteiger partial charge >= 0.3 is 5.97 Å². The molecule has 170 valence electrons. The van der Waals surface area contributed by atoms with Crippen molar-refractivity contribution >= 4 is 22.7 Å². The molecule has 9 nitrogen and oxygen atoms in total. The first-order valence-electron chi connectivity index (χ1n) is 10.9. The highest BCUT2D eigenvalue weighted by molar-refractivity contribution is 6.02. The van der Waals surface area contributed by atoms with Gasteiger partial charge in [0.1, 0.15) is 5.82 Å². The van der Waals surface area contributed by atoms with Gasteiger partial charge in [-0.25, -0.2) is 14.5 Å². The van der Waals surface area contributed by atoms with Gasteiger partial charge in [0.2, 0.25) is 0 Å². The first-order valence-corrected chi connectivity index (χ1v) is 10.9. The Kier molecular flexibility index (Phi) is 5.33. The third-order valence-corrected chi connectivity index (χ3v) is 6.11. The van der Waals surface area contributed by atoms with Gasteiger partial charge in [-0.05, 0) is 44.2 Å².